The van der Waals surface area contributed by atoms with E-state index in [1.807, 2.05) is 30.9 Å². The maximum absolute atomic E-state index is 13.9. The SMILES string of the molecule is Cc1nc(N2CCc3ncc(-c4ccnn4C)cc3C2)c2cc(F)ccc2n1. The predicted molar refractivity (Wildman–Crippen MR) is 105 cm³/mol. The van der Waals surface area contributed by atoms with E-state index in [2.05, 4.69) is 31.0 Å². The molecule has 0 bridgehead atoms. The van der Waals surface area contributed by atoms with Crippen molar-refractivity contribution in [1.82, 2.24) is 24.7 Å². The predicted octanol–water partition coefficient (Wildman–Crippen LogP) is 3.44. The zero-order valence-electron chi connectivity index (χ0n) is 15.7. The summed E-state index contributed by atoms with van der Waals surface area (Å²) in [5.74, 6) is 1.18. The first-order chi connectivity index (χ1) is 13.6. The van der Waals surface area contributed by atoms with Crippen LogP contribution < -0.4 is 4.90 Å². The molecule has 1 aliphatic rings. The molecule has 4 heterocycles. The van der Waals surface area contributed by atoms with Gasteiger partial charge in [-0.15, -0.1) is 0 Å². The number of nitrogens with zero attached hydrogens (tertiary/aromatic N) is 6. The molecular formula is C21H19FN6. The summed E-state index contributed by atoms with van der Waals surface area (Å²) in [5.41, 5.74) is 5.08. The number of hydrogen-bond donors (Lipinski definition) is 0. The van der Waals surface area contributed by atoms with Crippen LogP contribution in [-0.4, -0.2) is 31.3 Å². The van der Waals surface area contributed by atoms with Crippen molar-refractivity contribution in [2.24, 2.45) is 7.05 Å². The molecular weight excluding hydrogens is 355 g/mol. The maximum Gasteiger partial charge on any atom is 0.140 e. The Labute approximate surface area is 161 Å². The van der Waals surface area contributed by atoms with Crippen LogP contribution >= 0.6 is 0 Å². The van der Waals surface area contributed by atoms with E-state index in [1.165, 1.54) is 12.1 Å². The van der Waals surface area contributed by atoms with Gasteiger partial charge in [-0.05, 0) is 42.8 Å². The van der Waals surface area contributed by atoms with Gasteiger partial charge in [0.25, 0.3) is 0 Å². The highest BCUT2D eigenvalue weighted by atomic mass is 19.1. The average molecular weight is 374 g/mol. The molecule has 140 valence electrons. The summed E-state index contributed by atoms with van der Waals surface area (Å²) in [6.45, 7) is 3.33. The van der Waals surface area contributed by atoms with Gasteiger partial charge in [-0.25, -0.2) is 14.4 Å². The van der Waals surface area contributed by atoms with Crippen LogP contribution in [0.25, 0.3) is 22.2 Å². The first kappa shape index (κ1) is 16.8. The van der Waals surface area contributed by atoms with Gasteiger partial charge in [0.1, 0.15) is 17.5 Å². The third kappa shape index (κ3) is 2.79. The fourth-order valence-corrected chi connectivity index (χ4v) is 3.84. The average Bonchev–Trinajstić information content (AvgIpc) is 3.13. The van der Waals surface area contributed by atoms with E-state index in [0.29, 0.717) is 12.4 Å². The molecule has 1 aliphatic heterocycles. The Kier molecular flexibility index (Phi) is 3.82. The Morgan fingerprint density at radius 1 is 1.11 bits per heavy atom. The van der Waals surface area contributed by atoms with Gasteiger partial charge in [-0.2, -0.15) is 5.10 Å². The topological polar surface area (TPSA) is 59.7 Å². The lowest BCUT2D eigenvalue weighted by Gasteiger charge is -2.30. The third-order valence-corrected chi connectivity index (χ3v) is 5.21. The van der Waals surface area contributed by atoms with Crippen LogP contribution in [0.15, 0.2) is 42.7 Å². The van der Waals surface area contributed by atoms with E-state index >= 15 is 0 Å². The van der Waals surface area contributed by atoms with Crippen LogP contribution in [0.3, 0.4) is 0 Å². The second-order valence-electron chi connectivity index (χ2n) is 7.10. The molecule has 28 heavy (non-hydrogen) atoms. The van der Waals surface area contributed by atoms with Gasteiger partial charge in [0, 0.05) is 55.6 Å². The van der Waals surface area contributed by atoms with Crippen LogP contribution in [-0.2, 0) is 20.0 Å². The molecule has 7 heteroatoms. The molecule has 0 radical (unpaired) electrons. The minimum Gasteiger partial charge on any atom is -0.351 e. The molecule has 0 unspecified atom stereocenters. The van der Waals surface area contributed by atoms with Crippen LogP contribution in [0.5, 0.6) is 0 Å². The number of halogens is 1. The lowest BCUT2D eigenvalue weighted by Crippen LogP contribution is -2.32. The smallest absolute Gasteiger partial charge is 0.140 e. The lowest BCUT2D eigenvalue weighted by atomic mass is 10.0. The number of benzene rings is 1. The van der Waals surface area contributed by atoms with Crippen LogP contribution in [0.4, 0.5) is 10.2 Å². The first-order valence-corrected chi connectivity index (χ1v) is 9.23. The summed E-state index contributed by atoms with van der Waals surface area (Å²) in [6, 6.07) is 8.82. The summed E-state index contributed by atoms with van der Waals surface area (Å²) in [5, 5.41) is 4.99. The molecule has 0 aliphatic carbocycles. The number of aryl methyl sites for hydroxylation is 2. The van der Waals surface area contributed by atoms with Crippen molar-refractivity contribution in [1.29, 1.82) is 0 Å². The second kappa shape index (κ2) is 6.37. The number of rotatable bonds is 2. The van der Waals surface area contributed by atoms with E-state index in [-0.39, 0.29) is 5.82 Å². The van der Waals surface area contributed by atoms with Crippen molar-refractivity contribution in [3.8, 4) is 11.3 Å². The normalized spacial score (nSPS) is 13.8. The van der Waals surface area contributed by atoms with Crippen molar-refractivity contribution in [2.75, 3.05) is 11.4 Å². The van der Waals surface area contributed by atoms with Crippen molar-refractivity contribution in [2.45, 2.75) is 19.9 Å². The number of anilines is 1. The minimum absolute atomic E-state index is 0.279. The molecule has 5 rings (SSSR count). The summed E-state index contributed by atoms with van der Waals surface area (Å²) in [7, 11) is 1.92. The molecule has 4 aromatic rings. The van der Waals surface area contributed by atoms with Gasteiger partial charge in [-0.3, -0.25) is 9.67 Å². The van der Waals surface area contributed by atoms with E-state index in [4.69, 9.17) is 0 Å². The Morgan fingerprint density at radius 3 is 2.82 bits per heavy atom. The molecule has 0 saturated heterocycles. The Hall–Kier alpha value is -3.35. The zero-order chi connectivity index (χ0) is 19.3. The molecule has 0 N–H and O–H groups in total. The maximum atomic E-state index is 13.9. The van der Waals surface area contributed by atoms with Gasteiger partial charge in [0.2, 0.25) is 0 Å². The molecule has 0 fully saturated rings. The molecule has 1 aromatic carbocycles. The Balaban J connectivity index is 1.57. The molecule has 0 spiro atoms. The highest BCUT2D eigenvalue weighted by Crippen LogP contribution is 2.30. The molecule has 0 amide bonds. The molecule has 0 saturated carbocycles. The molecule has 6 nitrogen and oxygen atoms in total. The number of hydrogen-bond acceptors (Lipinski definition) is 5. The number of aromatic nitrogens is 5. The Bertz CT molecular complexity index is 1200. The number of pyridine rings is 1. The van der Waals surface area contributed by atoms with E-state index in [9.17, 15) is 4.39 Å². The second-order valence-corrected chi connectivity index (χ2v) is 7.10. The lowest BCUT2D eigenvalue weighted by molar-refractivity contribution is 0.629. The molecule has 3 aromatic heterocycles. The van der Waals surface area contributed by atoms with Crippen molar-refractivity contribution in [3.05, 3.63) is 65.6 Å². The van der Waals surface area contributed by atoms with Crippen LogP contribution in [0, 0.1) is 12.7 Å². The summed E-state index contributed by atoms with van der Waals surface area (Å²) in [4.78, 5) is 16.0. The largest absolute Gasteiger partial charge is 0.351 e. The first-order valence-electron chi connectivity index (χ1n) is 9.23. The zero-order valence-corrected chi connectivity index (χ0v) is 15.7. The Morgan fingerprint density at radius 2 is 2.00 bits per heavy atom. The summed E-state index contributed by atoms with van der Waals surface area (Å²) < 4.78 is 15.7. The van der Waals surface area contributed by atoms with Gasteiger partial charge in [-0.1, -0.05) is 0 Å². The highest BCUT2D eigenvalue weighted by molar-refractivity contribution is 5.89. The van der Waals surface area contributed by atoms with Crippen molar-refractivity contribution < 1.29 is 4.39 Å². The molecule has 0 atom stereocenters. The summed E-state index contributed by atoms with van der Waals surface area (Å²) >= 11 is 0. The van der Waals surface area contributed by atoms with Gasteiger partial charge >= 0.3 is 0 Å². The monoisotopic (exact) mass is 374 g/mol. The van der Waals surface area contributed by atoms with E-state index in [1.54, 1.807) is 12.3 Å². The fraction of sp³-hybridized carbons (Fsp3) is 0.238. The standard InChI is InChI=1S/C21H19FN6/c1-13-25-19-4-3-16(22)10-17(19)21(26-13)28-8-6-18-15(12-28)9-14(11-23-18)20-5-7-24-27(20)2/h3-5,7,9-11H,6,8,12H2,1-2H3. The third-order valence-electron chi connectivity index (χ3n) is 5.21. The van der Waals surface area contributed by atoms with E-state index < -0.39 is 0 Å². The quantitative estimate of drug-likeness (QED) is 0.538. The van der Waals surface area contributed by atoms with Gasteiger partial charge < -0.3 is 4.90 Å². The van der Waals surface area contributed by atoms with Crippen LogP contribution in [0.1, 0.15) is 17.1 Å². The van der Waals surface area contributed by atoms with Gasteiger partial charge in [0.05, 0.1) is 11.2 Å². The highest BCUT2D eigenvalue weighted by Gasteiger charge is 2.22. The van der Waals surface area contributed by atoms with Crippen molar-refractivity contribution in [3.63, 3.8) is 0 Å². The number of fused-ring (bicyclic) bond motifs is 2. The van der Waals surface area contributed by atoms with Crippen molar-refractivity contribution >= 4 is 16.7 Å². The summed E-state index contributed by atoms with van der Waals surface area (Å²) in [6.07, 6.45) is 4.51. The van der Waals surface area contributed by atoms with E-state index in [0.717, 1.165) is 52.2 Å². The van der Waals surface area contributed by atoms with Crippen LogP contribution in [0.2, 0.25) is 0 Å². The van der Waals surface area contributed by atoms with Gasteiger partial charge in [0.15, 0.2) is 0 Å². The fourth-order valence-electron chi connectivity index (χ4n) is 3.84. The minimum atomic E-state index is -0.279.